The normalized spacial score (nSPS) is 15.7. The number of nitrogens with zero attached hydrogens (tertiary/aromatic N) is 2. The average molecular weight is 539 g/mol. The molecule has 37 heavy (non-hydrogen) atoms. The summed E-state index contributed by atoms with van der Waals surface area (Å²) in [6, 6.07) is 20.7. The van der Waals surface area contributed by atoms with Crippen LogP contribution in [-0.2, 0) is 14.4 Å². The SMILES string of the molecule is C[C@H](NC(=O)COc1cccc(Cl)c1Cl)C(=O)N[C@H]1N=C(c2ccccc2)c2ccccc2N(C)C1=O. The van der Waals surface area contributed by atoms with Crippen molar-refractivity contribution < 1.29 is 19.1 Å². The zero-order valence-electron chi connectivity index (χ0n) is 20.1. The van der Waals surface area contributed by atoms with E-state index in [0.29, 0.717) is 16.4 Å². The highest BCUT2D eigenvalue weighted by Gasteiger charge is 2.32. The molecule has 0 unspecified atom stereocenters. The largest absolute Gasteiger partial charge is 0.482 e. The minimum absolute atomic E-state index is 0.187. The number of ether oxygens (including phenoxy) is 1. The van der Waals surface area contributed by atoms with Gasteiger partial charge >= 0.3 is 0 Å². The predicted octanol–water partition coefficient (Wildman–Crippen LogP) is 3.83. The lowest BCUT2D eigenvalue weighted by atomic mass is 10.0. The van der Waals surface area contributed by atoms with E-state index in [4.69, 9.17) is 27.9 Å². The van der Waals surface area contributed by atoms with Gasteiger partial charge in [-0.15, -0.1) is 0 Å². The monoisotopic (exact) mass is 538 g/mol. The second-order valence-corrected chi connectivity index (χ2v) is 9.08. The number of rotatable bonds is 7. The van der Waals surface area contributed by atoms with Gasteiger partial charge in [-0.2, -0.15) is 0 Å². The van der Waals surface area contributed by atoms with Crippen molar-refractivity contribution in [1.82, 2.24) is 10.6 Å². The molecule has 0 saturated carbocycles. The summed E-state index contributed by atoms with van der Waals surface area (Å²) < 4.78 is 5.41. The van der Waals surface area contributed by atoms with Crippen molar-refractivity contribution in [3.63, 3.8) is 0 Å². The number of nitrogens with one attached hydrogen (secondary N) is 2. The van der Waals surface area contributed by atoms with E-state index >= 15 is 0 Å². The quantitative estimate of drug-likeness (QED) is 0.477. The number of benzene rings is 3. The number of carbonyl (C=O) groups is 3. The Bertz CT molecular complexity index is 1360. The van der Waals surface area contributed by atoms with Crippen molar-refractivity contribution in [1.29, 1.82) is 0 Å². The van der Waals surface area contributed by atoms with E-state index in [1.807, 2.05) is 54.6 Å². The molecule has 2 N–H and O–H groups in total. The fraction of sp³-hybridized carbons (Fsp3) is 0.185. The number of fused-ring (bicyclic) bond motifs is 1. The van der Waals surface area contributed by atoms with E-state index in [2.05, 4.69) is 15.6 Å². The van der Waals surface area contributed by atoms with Gasteiger partial charge in [0.1, 0.15) is 16.8 Å². The Morgan fingerprint density at radius 2 is 1.73 bits per heavy atom. The first-order valence-electron chi connectivity index (χ1n) is 11.4. The molecule has 0 spiro atoms. The fourth-order valence-corrected chi connectivity index (χ4v) is 4.14. The molecule has 1 heterocycles. The molecule has 4 rings (SSSR count). The molecular weight excluding hydrogens is 515 g/mol. The van der Waals surface area contributed by atoms with E-state index in [0.717, 1.165) is 11.1 Å². The molecule has 10 heteroatoms. The third-order valence-corrected chi connectivity index (χ3v) is 6.52. The van der Waals surface area contributed by atoms with E-state index in [1.165, 1.54) is 11.8 Å². The first kappa shape index (κ1) is 26.2. The molecule has 0 radical (unpaired) electrons. The van der Waals surface area contributed by atoms with Crippen LogP contribution in [0.3, 0.4) is 0 Å². The molecule has 1 aliphatic rings. The fourth-order valence-electron chi connectivity index (χ4n) is 3.79. The smallest absolute Gasteiger partial charge is 0.272 e. The first-order valence-corrected chi connectivity index (χ1v) is 12.2. The second-order valence-electron chi connectivity index (χ2n) is 8.30. The number of aliphatic imine (C=N–C) groups is 1. The van der Waals surface area contributed by atoms with Gasteiger partial charge in [-0.1, -0.05) is 77.8 Å². The molecule has 8 nitrogen and oxygen atoms in total. The Morgan fingerprint density at radius 3 is 2.49 bits per heavy atom. The number of para-hydroxylation sites is 1. The topological polar surface area (TPSA) is 100 Å². The first-order chi connectivity index (χ1) is 17.8. The maximum Gasteiger partial charge on any atom is 0.272 e. The second kappa shape index (κ2) is 11.5. The number of anilines is 1. The van der Waals surface area contributed by atoms with Gasteiger partial charge < -0.3 is 20.3 Å². The van der Waals surface area contributed by atoms with Crippen molar-refractivity contribution in [2.24, 2.45) is 4.99 Å². The number of halogens is 2. The van der Waals surface area contributed by atoms with Crippen molar-refractivity contribution in [3.8, 4) is 5.75 Å². The highest BCUT2D eigenvalue weighted by molar-refractivity contribution is 6.42. The summed E-state index contributed by atoms with van der Waals surface area (Å²) in [6.45, 7) is 1.12. The summed E-state index contributed by atoms with van der Waals surface area (Å²) in [6.07, 6.45) is -1.19. The Kier molecular flexibility index (Phi) is 8.11. The maximum absolute atomic E-state index is 13.3. The molecule has 3 aromatic carbocycles. The molecule has 0 bridgehead atoms. The summed E-state index contributed by atoms with van der Waals surface area (Å²) in [4.78, 5) is 44.7. The summed E-state index contributed by atoms with van der Waals surface area (Å²) in [5, 5.41) is 5.69. The van der Waals surface area contributed by atoms with Crippen LogP contribution < -0.4 is 20.3 Å². The highest BCUT2D eigenvalue weighted by atomic mass is 35.5. The molecule has 1 aliphatic heterocycles. The lowest BCUT2D eigenvalue weighted by Crippen LogP contribution is -2.52. The Morgan fingerprint density at radius 1 is 1.03 bits per heavy atom. The number of hydrogen-bond acceptors (Lipinski definition) is 5. The van der Waals surface area contributed by atoms with Gasteiger partial charge in [0, 0.05) is 18.2 Å². The minimum atomic E-state index is -1.19. The van der Waals surface area contributed by atoms with Gasteiger partial charge in [0.25, 0.3) is 11.8 Å². The Labute approximate surface area is 224 Å². The van der Waals surface area contributed by atoms with Crippen LogP contribution in [-0.4, -0.2) is 49.3 Å². The van der Waals surface area contributed by atoms with Crippen molar-refractivity contribution in [2.45, 2.75) is 19.1 Å². The maximum atomic E-state index is 13.3. The molecule has 3 amide bonds. The van der Waals surface area contributed by atoms with E-state index in [1.54, 1.807) is 25.2 Å². The molecule has 0 aromatic heterocycles. The predicted molar refractivity (Wildman–Crippen MR) is 143 cm³/mol. The van der Waals surface area contributed by atoms with Gasteiger partial charge in [0.05, 0.1) is 16.4 Å². The summed E-state index contributed by atoms with van der Waals surface area (Å²) >= 11 is 12.0. The van der Waals surface area contributed by atoms with E-state index in [9.17, 15) is 14.4 Å². The van der Waals surface area contributed by atoms with Gasteiger partial charge in [-0.25, -0.2) is 4.99 Å². The van der Waals surface area contributed by atoms with Gasteiger partial charge in [-0.05, 0) is 25.1 Å². The van der Waals surface area contributed by atoms with Crippen LogP contribution in [0.15, 0.2) is 77.8 Å². The van der Waals surface area contributed by atoms with Crippen LogP contribution >= 0.6 is 23.2 Å². The third kappa shape index (κ3) is 5.93. The lowest BCUT2D eigenvalue weighted by molar-refractivity contribution is -0.131. The third-order valence-electron chi connectivity index (χ3n) is 5.72. The van der Waals surface area contributed by atoms with Crippen LogP contribution in [0, 0.1) is 0 Å². The van der Waals surface area contributed by atoms with Gasteiger partial charge in [0.2, 0.25) is 12.1 Å². The van der Waals surface area contributed by atoms with Crippen molar-refractivity contribution in [2.75, 3.05) is 18.6 Å². The number of carbonyl (C=O) groups excluding carboxylic acids is 3. The van der Waals surface area contributed by atoms with Gasteiger partial charge in [-0.3, -0.25) is 14.4 Å². The Balaban J connectivity index is 1.48. The average Bonchev–Trinajstić information content (AvgIpc) is 3.00. The molecule has 0 saturated heterocycles. The molecule has 2 atom stereocenters. The number of amides is 3. The summed E-state index contributed by atoms with van der Waals surface area (Å²) in [7, 11) is 1.63. The summed E-state index contributed by atoms with van der Waals surface area (Å²) in [5.41, 5.74) is 2.81. The highest BCUT2D eigenvalue weighted by Crippen LogP contribution is 2.31. The number of hydrogen-bond donors (Lipinski definition) is 2. The summed E-state index contributed by atoms with van der Waals surface area (Å²) in [5.74, 6) is -1.30. The van der Waals surface area contributed by atoms with E-state index in [-0.39, 0.29) is 17.4 Å². The molecule has 0 aliphatic carbocycles. The molecular formula is C27H24Cl2N4O4. The Hall–Kier alpha value is -3.88. The van der Waals surface area contributed by atoms with Crippen LogP contribution in [0.5, 0.6) is 5.75 Å². The number of likely N-dealkylation sites (N-methyl/N-ethyl adjacent to an activating group) is 1. The molecule has 0 fully saturated rings. The molecule has 190 valence electrons. The zero-order valence-corrected chi connectivity index (χ0v) is 21.6. The van der Waals surface area contributed by atoms with Crippen LogP contribution in [0.1, 0.15) is 18.1 Å². The number of benzodiazepines with no additional fused rings is 1. The minimum Gasteiger partial charge on any atom is -0.482 e. The zero-order chi connectivity index (χ0) is 26.5. The molecule has 3 aromatic rings. The van der Waals surface area contributed by atoms with Crippen molar-refractivity contribution >= 4 is 52.3 Å². The lowest BCUT2D eigenvalue weighted by Gasteiger charge is -2.22. The van der Waals surface area contributed by atoms with Crippen LogP contribution in [0.25, 0.3) is 0 Å². The van der Waals surface area contributed by atoms with Crippen LogP contribution in [0.4, 0.5) is 5.69 Å². The van der Waals surface area contributed by atoms with E-state index < -0.39 is 29.9 Å². The standard InChI is InChI=1S/C27H24Cl2N4O4/c1-16(30-22(34)15-37-21-14-8-12-19(28)23(21)29)26(35)32-25-27(36)33(2)20-13-7-6-11-18(20)24(31-25)17-9-4-3-5-10-17/h3-14,16,25H,15H2,1-2H3,(H,30,34)(H,32,35)/t16-,25+/m0/s1. The van der Waals surface area contributed by atoms with Crippen molar-refractivity contribution in [3.05, 3.63) is 94.0 Å². The van der Waals surface area contributed by atoms with Gasteiger partial charge in [0.15, 0.2) is 6.61 Å². The van der Waals surface area contributed by atoms with Crippen LogP contribution in [0.2, 0.25) is 10.0 Å².